The van der Waals surface area contributed by atoms with E-state index < -0.39 is 0 Å². The predicted octanol–water partition coefficient (Wildman–Crippen LogP) is 2.85. The van der Waals surface area contributed by atoms with Gasteiger partial charge in [-0.15, -0.1) is 0 Å². The van der Waals surface area contributed by atoms with E-state index in [0.29, 0.717) is 24.5 Å². The van der Waals surface area contributed by atoms with Crippen molar-refractivity contribution in [3.05, 3.63) is 30.1 Å². The highest BCUT2D eigenvalue weighted by Gasteiger charge is 2.46. The van der Waals surface area contributed by atoms with Gasteiger partial charge in [-0.3, -0.25) is 14.7 Å². The maximum atomic E-state index is 12.4. The van der Waals surface area contributed by atoms with Crippen LogP contribution in [0.15, 0.2) is 24.5 Å². The molecule has 3 heterocycles. The van der Waals surface area contributed by atoms with Crippen molar-refractivity contribution in [2.75, 3.05) is 26.7 Å². The van der Waals surface area contributed by atoms with E-state index in [9.17, 15) is 4.79 Å². The smallest absolute Gasteiger partial charge is 0.222 e. The molecule has 3 fully saturated rings. The van der Waals surface area contributed by atoms with Crippen molar-refractivity contribution in [3.63, 3.8) is 0 Å². The molecule has 2 saturated heterocycles. The maximum Gasteiger partial charge on any atom is 0.222 e. The molecule has 2 aliphatic heterocycles. The number of aromatic nitrogens is 1. The monoisotopic (exact) mass is 357 g/mol. The fraction of sp³-hybridized carbons (Fsp3) is 0.714. The van der Waals surface area contributed by atoms with Gasteiger partial charge in [-0.2, -0.15) is 0 Å². The van der Waals surface area contributed by atoms with Crippen LogP contribution in [0.3, 0.4) is 0 Å². The number of rotatable bonds is 6. The Balaban J connectivity index is 1.24. The van der Waals surface area contributed by atoms with Crippen molar-refractivity contribution < 1.29 is 9.53 Å². The summed E-state index contributed by atoms with van der Waals surface area (Å²) < 4.78 is 5.97. The van der Waals surface area contributed by atoms with Crippen molar-refractivity contribution in [2.45, 2.75) is 63.1 Å². The van der Waals surface area contributed by atoms with Crippen LogP contribution >= 0.6 is 0 Å². The molecule has 1 aromatic rings. The number of piperidine rings is 1. The Hall–Kier alpha value is -1.46. The van der Waals surface area contributed by atoms with Crippen LogP contribution in [0.1, 0.15) is 50.5 Å². The molecule has 1 spiro atoms. The third-order valence-corrected chi connectivity index (χ3v) is 6.75. The van der Waals surface area contributed by atoms with E-state index in [1.807, 2.05) is 12.3 Å². The predicted molar refractivity (Wildman–Crippen MR) is 101 cm³/mol. The second kappa shape index (κ2) is 7.65. The molecule has 5 heteroatoms. The van der Waals surface area contributed by atoms with Crippen LogP contribution in [0.5, 0.6) is 0 Å². The molecular formula is C21H31N3O2. The molecule has 0 unspecified atom stereocenters. The summed E-state index contributed by atoms with van der Waals surface area (Å²) in [5.41, 5.74) is 1.41. The first-order valence-corrected chi connectivity index (χ1v) is 10.1. The number of ether oxygens (including phenoxy) is 1. The molecule has 142 valence electrons. The molecule has 5 nitrogen and oxygen atoms in total. The van der Waals surface area contributed by atoms with Crippen LogP contribution in [0, 0.1) is 5.92 Å². The molecule has 1 amide bonds. The SMILES string of the molecule is CN1[C@@H](COCc2cccnc2)CCC12CCN(C(=O)CC1CC1)CC2. The van der Waals surface area contributed by atoms with Crippen LogP contribution in [-0.4, -0.2) is 59.0 Å². The van der Waals surface area contributed by atoms with E-state index in [-0.39, 0.29) is 5.54 Å². The van der Waals surface area contributed by atoms with Crippen molar-refractivity contribution in [1.82, 2.24) is 14.8 Å². The van der Waals surface area contributed by atoms with Gasteiger partial charge in [-0.05, 0) is 63.1 Å². The second-order valence-electron chi connectivity index (χ2n) is 8.43. The number of likely N-dealkylation sites (N-methyl/N-ethyl adjacent to an activating group) is 1. The summed E-state index contributed by atoms with van der Waals surface area (Å²) in [5.74, 6) is 1.08. The van der Waals surface area contributed by atoms with E-state index in [1.165, 1.54) is 25.7 Å². The lowest BCUT2D eigenvalue weighted by Crippen LogP contribution is -2.54. The number of nitrogens with zero attached hydrogens (tertiary/aromatic N) is 3. The van der Waals surface area contributed by atoms with Gasteiger partial charge in [0.25, 0.3) is 0 Å². The molecule has 1 saturated carbocycles. The molecule has 4 rings (SSSR count). The first kappa shape index (κ1) is 17.9. The van der Waals surface area contributed by atoms with Crippen LogP contribution in [0.2, 0.25) is 0 Å². The molecule has 1 aromatic heterocycles. The molecule has 1 atom stereocenters. The first-order chi connectivity index (χ1) is 12.7. The standard InChI is InChI=1S/C21H31N3O2/c1-23-19(16-26-15-18-3-2-10-22-14-18)6-7-21(23)8-11-24(12-9-21)20(25)13-17-4-5-17/h2-3,10,14,17,19H,4-9,11-13,15-16H2,1H3/t19-/m1/s1. The molecule has 0 aromatic carbocycles. The number of likely N-dealkylation sites (tertiary alicyclic amines) is 2. The number of hydrogen-bond donors (Lipinski definition) is 0. The minimum atomic E-state index is 0.276. The van der Waals surface area contributed by atoms with Crippen LogP contribution in [0.25, 0.3) is 0 Å². The number of amides is 1. The largest absolute Gasteiger partial charge is 0.375 e. The summed E-state index contributed by atoms with van der Waals surface area (Å²) in [6.45, 7) is 3.27. The zero-order valence-corrected chi connectivity index (χ0v) is 15.9. The van der Waals surface area contributed by atoms with Gasteiger partial charge >= 0.3 is 0 Å². The topological polar surface area (TPSA) is 45.7 Å². The Kier molecular flexibility index (Phi) is 5.28. The van der Waals surface area contributed by atoms with Gasteiger partial charge in [-0.25, -0.2) is 0 Å². The van der Waals surface area contributed by atoms with Gasteiger partial charge in [0.2, 0.25) is 5.91 Å². The Morgan fingerprint density at radius 2 is 2.08 bits per heavy atom. The Labute approximate surface area is 156 Å². The third-order valence-electron chi connectivity index (χ3n) is 6.75. The van der Waals surface area contributed by atoms with Crippen LogP contribution in [-0.2, 0) is 16.1 Å². The van der Waals surface area contributed by atoms with Gasteiger partial charge in [0.05, 0.1) is 13.2 Å². The summed E-state index contributed by atoms with van der Waals surface area (Å²) in [6, 6.07) is 4.50. The average Bonchev–Trinajstić information content (AvgIpc) is 3.44. The highest BCUT2D eigenvalue weighted by atomic mass is 16.5. The minimum absolute atomic E-state index is 0.276. The maximum absolute atomic E-state index is 12.4. The second-order valence-corrected chi connectivity index (χ2v) is 8.43. The van der Waals surface area contributed by atoms with E-state index in [2.05, 4.69) is 27.9 Å². The van der Waals surface area contributed by atoms with Crippen molar-refractivity contribution in [3.8, 4) is 0 Å². The van der Waals surface area contributed by atoms with Gasteiger partial charge in [0.15, 0.2) is 0 Å². The highest BCUT2D eigenvalue weighted by Crippen LogP contribution is 2.41. The summed E-state index contributed by atoms with van der Waals surface area (Å²) in [6.07, 6.45) is 11.6. The molecular weight excluding hydrogens is 326 g/mol. The van der Waals surface area contributed by atoms with Crippen molar-refractivity contribution >= 4 is 5.91 Å². The molecule has 0 N–H and O–H groups in total. The molecule has 0 radical (unpaired) electrons. The summed E-state index contributed by atoms with van der Waals surface area (Å²) >= 11 is 0. The zero-order chi connectivity index (χ0) is 18.0. The van der Waals surface area contributed by atoms with E-state index in [0.717, 1.165) is 44.5 Å². The fourth-order valence-electron chi connectivity index (χ4n) is 4.66. The van der Waals surface area contributed by atoms with Crippen LogP contribution in [0.4, 0.5) is 0 Å². The lowest BCUT2D eigenvalue weighted by Gasteiger charge is -2.45. The van der Waals surface area contributed by atoms with E-state index in [4.69, 9.17) is 4.74 Å². The third kappa shape index (κ3) is 3.94. The Morgan fingerprint density at radius 1 is 1.27 bits per heavy atom. The molecule has 0 bridgehead atoms. The van der Waals surface area contributed by atoms with Crippen molar-refractivity contribution in [2.24, 2.45) is 5.92 Å². The first-order valence-electron chi connectivity index (χ1n) is 10.1. The Bertz CT molecular complexity index is 609. The van der Waals surface area contributed by atoms with Crippen molar-refractivity contribution in [1.29, 1.82) is 0 Å². The van der Waals surface area contributed by atoms with Crippen LogP contribution < -0.4 is 0 Å². The Morgan fingerprint density at radius 3 is 2.77 bits per heavy atom. The lowest BCUT2D eigenvalue weighted by molar-refractivity contribution is -0.134. The summed E-state index contributed by atoms with van der Waals surface area (Å²) in [4.78, 5) is 21.2. The molecule has 3 aliphatic rings. The lowest BCUT2D eigenvalue weighted by atomic mass is 9.85. The minimum Gasteiger partial charge on any atom is -0.375 e. The normalized spacial score (nSPS) is 25.7. The summed E-state index contributed by atoms with van der Waals surface area (Å²) in [7, 11) is 2.26. The zero-order valence-electron chi connectivity index (χ0n) is 15.9. The molecule has 1 aliphatic carbocycles. The van der Waals surface area contributed by atoms with Gasteiger partial charge < -0.3 is 9.64 Å². The number of pyridine rings is 1. The fourth-order valence-corrected chi connectivity index (χ4v) is 4.66. The van der Waals surface area contributed by atoms with Gasteiger partial charge in [-0.1, -0.05) is 6.07 Å². The number of carbonyl (C=O) groups is 1. The van der Waals surface area contributed by atoms with E-state index in [1.54, 1.807) is 6.20 Å². The number of hydrogen-bond acceptors (Lipinski definition) is 4. The van der Waals surface area contributed by atoms with Gasteiger partial charge in [0.1, 0.15) is 0 Å². The van der Waals surface area contributed by atoms with Gasteiger partial charge in [0, 0.05) is 43.5 Å². The van der Waals surface area contributed by atoms with E-state index >= 15 is 0 Å². The molecule has 26 heavy (non-hydrogen) atoms. The highest BCUT2D eigenvalue weighted by molar-refractivity contribution is 5.76. The quantitative estimate of drug-likeness (QED) is 0.785. The summed E-state index contributed by atoms with van der Waals surface area (Å²) in [5, 5.41) is 0. The average molecular weight is 357 g/mol. The number of carbonyl (C=O) groups excluding carboxylic acids is 1.